The van der Waals surface area contributed by atoms with Gasteiger partial charge in [0.05, 0.1) is 25.6 Å². The fourth-order valence-electron chi connectivity index (χ4n) is 3.61. The van der Waals surface area contributed by atoms with Gasteiger partial charge in [0.2, 0.25) is 0 Å². The Bertz CT molecular complexity index is 1140. The fourth-order valence-corrected chi connectivity index (χ4v) is 4.53. The molecule has 0 aliphatic heterocycles. The fraction of sp³-hybridized carbons (Fsp3) is 0.250. The first-order valence-corrected chi connectivity index (χ1v) is 10.9. The summed E-state index contributed by atoms with van der Waals surface area (Å²) in [4.78, 5) is 12.2. The molecule has 0 amide bonds. The molecule has 2 aromatic carbocycles. The van der Waals surface area contributed by atoms with Gasteiger partial charge in [0.15, 0.2) is 0 Å². The van der Waals surface area contributed by atoms with Gasteiger partial charge in [0, 0.05) is 17.5 Å². The third kappa shape index (κ3) is 4.47. The van der Waals surface area contributed by atoms with E-state index in [1.54, 1.807) is 31.9 Å². The van der Waals surface area contributed by atoms with Crippen LogP contribution >= 0.6 is 11.3 Å². The van der Waals surface area contributed by atoms with Crippen LogP contribution in [0, 0.1) is 0 Å². The van der Waals surface area contributed by atoms with Crippen molar-refractivity contribution in [3.63, 3.8) is 0 Å². The van der Waals surface area contributed by atoms with E-state index in [0.29, 0.717) is 6.54 Å². The smallest absolute Gasteiger partial charge is 0.138 e. The van der Waals surface area contributed by atoms with Crippen LogP contribution in [0.2, 0.25) is 0 Å². The highest BCUT2D eigenvalue weighted by molar-refractivity contribution is 7.17. The first kappa shape index (κ1) is 21.1. The van der Waals surface area contributed by atoms with E-state index < -0.39 is 0 Å². The summed E-state index contributed by atoms with van der Waals surface area (Å²) >= 11 is 1.63. The predicted molar refractivity (Wildman–Crippen MR) is 127 cm³/mol. The minimum atomic E-state index is 0.180. The Balaban J connectivity index is 1.63. The van der Waals surface area contributed by atoms with Gasteiger partial charge in [-0.2, -0.15) is 0 Å². The van der Waals surface area contributed by atoms with Crippen LogP contribution in [0.3, 0.4) is 0 Å². The second-order valence-electron chi connectivity index (χ2n) is 7.41. The van der Waals surface area contributed by atoms with E-state index in [2.05, 4.69) is 63.9 Å². The van der Waals surface area contributed by atoms with Gasteiger partial charge in [-0.15, -0.1) is 11.3 Å². The van der Waals surface area contributed by atoms with Crippen LogP contribution in [0.1, 0.15) is 11.6 Å². The Labute approximate surface area is 186 Å². The summed E-state index contributed by atoms with van der Waals surface area (Å²) in [6.45, 7) is 0.712. The van der Waals surface area contributed by atoms with Crippen LogP contribution in [0.4, 0.5) is 5.82 Å². The average Bonchev–Trinajstić information content (AvgIpc) is 3.24. The largest absolute Gasteiger partial charge is 0.497 e. The number of hydrogen-bond donors (Lipinski definition) is 1. The van der Waals surface area contributed by atoms with Crippen molar-refractivity contribution in [2.24, 2.45) is 0 Å². The lowest BCUT2D eigenvalue weighted by molar-refractivity contribution is 0.311. The first-order valence-electron chi connectivity index (χ1n) is 10.0. The minimum absolute atomic E-state index is 0.180. The van der Waals surface area contributed by atoms with Crippen molar-refractivity contribution in [3.05, 3.63) is 65.8 Å². The number of fused-ring (bicyclic) bond motifs is 1. The third-order valence-electron chi connectivity index (χ3n) is 5.36. The Hall–Kier alpha value is -3.16. The molecule has 0 spiro atoms. The van der Waals surface area contributed by atoms with Gasteiger partial charge in [0.25, 0.3) is 0 Å². The molecule has 2 aromatic heterocycles. The number of nitrogens with zero attached hydrogens (tertiary/aromatic N) is 3. The summed E-state index contributed by atoms with van der Waals surface area (Å²) in [7, 11) is 7.52. The molecule has 0 aliphatic rings. The first-order chi connectivity index (χ1) is 15.1. The number of aromatic nitrogens is 2. The highest BCUT2D eigenvalue weighted by atomic mass is 32.1. The highest BCUT2D eigenvalue weighted by Crippen LogP contribution is 2.37. The van der Waals surface area contributed by atoms with Gasteiger partial charge in [-0.05, 0) is 49.5 Å². The molecule has 2 heterocycles. The second-order valence-corrected chi connectivity index (χ2v) is 8.27. The molecule has 1 N–H and O–H groups in total. The number of benzene rings is 2. The predicted octanol–water partition coefficient (Wildman–Crippen LogP) is 5.09. The molecule has 31 heavy (non-hydrogen) atoms. The number of thiophene rings is 1. The minimum Gasteiger partial charge on any atom is -0.497 e. The zero-order chi connectivity index (χ0) is 21.8. The SMILES string of the molecule is COc1ccc(-c2csc3ncnc(NCC(c4ccc(OC)cc4)N(C)C)c23)cc1. The lowest BCUT2D eigenvalue weighted by Gasteiger charge is -2.25. The molecule has 0 saturated carbocycles. The normalized spacial score (nSPS) is 12.2. The zero-order valence-corrected chi connectivity index (χ0v) is 18.9. The van der Waals surface area contributed by atoms with Crippen molar-refractivity contribution in [1.82, 2.24) is 14.9 Å². The van der Waals surface area contributed by atoms with E-state index in [9.17, 15) is 0 Å². The van der Waals surface area contributed by atoms with Crippen LogP contribution in [-0.4, -0.2) is 49.7 Å². The number of hydrogen-bond acceptors (Lipinski definition) is 7. The van der Waals surface area contributed by atoms with E-state index in [1.165, 1.54) is 5.56 Å². The summed E-state index contributed by atoms with van der Waals surface area (Å²) < 4.78 is 10.6. The van der Waals surface area contributed by atoms with Gasteiger partial charge in [-0.1, -0.05) is 24.3 Å². The molecule has 0 radical (unpaired) electrons. The second kappa shape index (κ2) is 9.32. The molecule has 4 aromatic rings. The lowest BCUT2D eigenvalue weighted by Crippen LogP contribution is -2.27. The molecule has 0 aliphatic carbocycles. The van der Waals surface area contributed by atoms with Gasteiger partial charge in [-0.25, -0.2) is 9.97 Å². The quantitative estimate of drug-likeness (QED) is 0.417. The lowest BCUT2D eigenvalue weighted by atomic mass is 10.0. The van der Waals surface area contributed by atoms with E-state index in [-0.39, 0.29) is 6.04 Å². The van der Waals surface area contributed by atoms with E-state index >= 15 is 0 Å². The van der Waals surface area contributed by atoms with Crippen molar-refractivity contribution < 1.29 is 9.47 Å². The number of nitrogens with one attached hydrogen (secondary N) is 1. The van der Waals surface area contributed by atoms with Crippen LogP contribution in [0.25, 0.3) is 21.3 Å². The van der Waals surface area contributed by atoms with Crippen LogP contribution < -0.4 is 14.8 Å². The number of likely N-dealkylation sites (N-methyl/N-ethyl adjacent to an activating group) is 1. The molecule has 1 atom stereocenters. The summed E-state index contributed by atoms with van der Waals surface area (Å²) in [5.41, 5.74) is 3.45. The van der Waals surface area contributed by atoms with Gasteiger partial charge < -0.3 is 19.7 Å². The number of rotatable bonds is 8. The van der Waals surface area contributed by atoms with Gasteiger partial charge >= 0.3 is 0 Å². The number of ether oxygens (including phenoxy) is 2. The molecule has 0 bridgehead atoms. The molecule has 160 valence electrons. The number of anilines is 1. The monoisotopic (exact) mass is 434 g/mol. The highest BCUT2D eigenvalue weighted by Gasteiger charge is 2.17. The topological polar surface area (TPSA) is 59.5 Å². The maximum Gasteiger partial charge on any atom is 0.138 e. The average molecular weight is 435 g/mol. The van der Waals surface area contributed by atoms with Crippen molar-refractivity contribution in [2.45, 2.75) is 6.04 Å². The molecular weight excluding hydrogens is 408 g/mol. The summed E-state index contributed by atoms with van der Waals surface area (Å²) in [5, 5.41) is 6.76. The molecule has 0 saturated heterocycles. The van der Waals surface area contributed by atoms with E-state index in [0.717, 1.165) is 38.7 Å². The summed E-state index contributed by atoms with van der Waals surface area (Å²) in [6, 6.07) is 16.5. The van der Waals surface area contributed by atoms with Crippen molar-refractivity contribution >= 4 is 27.4 Å². The molecular formula is C24H26N4O2S. The Morgan fingerprint density at radius 3 is 2.19 bits per heavy atom. The Morgan fingerprint density at radius 2 is 1.58 bits per heavy atom. The van der Waals surface area contributed by atoms with E-state index in [1.807, 2.05) is 24.3 Å². The zero-order valence-electron chi connectivity index (χ0n) is 18.1. The van der Waals surface area contributed by atoms with Gasteiger partial charge in [-0.3, -0.25) is 0 Å². The van der Waals surface area contributed by atoms with Crippen LogP contribution in [0.5, 0.6) is 11.5 Å². The van der Waals surface area contributed by atoms with Gasteiger partial charge in [0.1, 0.15) is 28.5 Å². The standard InChI is InChI=1S/C24H26N4O2S/c1-28(2)21(17-7-11-19(30-4)12-8-17)13-25-23-22-20(14-31-24(22)27-15-26-23)16-5-9-18(29-3)10-6-16/h5-12,14-15,21H,13H2,1-4H3,(H,25,26,27). The molecule has 7 heteroatoms. The molecule has 4 rings (SSSR count). The Kier molecular flexibility index (Phi) is 6.34. The van der Waals surface area contributed by atoms with Crippen molar-refractivity contribution in [3.8, 4) is 22.6 Å². The molecule has 0 fully saturated rings. The Morgan fingerprint density at radius 1 is 0.935 bits per heavy atom. The third-order valence-corrected chi connectivity index (χ3v) is 6.24. The van der Waals surface area contributed by atoms with Crippen LogP contribution in [-0.2, 0) is 0 Å². The van der Waals surface area contributed by atoms with Crippen molar-refractivity contribution in [2.75, 3.05) is 40.2 Å². The van der Waals surface area contributed by atoms with E-state index in [4.69, 9.17) is 9.47 Å². The number of methoxy groups -OCH3 is 2. The summed E-state index contributed by atoms with van der Waals surface area (Å²) in [5.74, 6) is 2.54. The summed E-state index contributed by atoms with van der Waals surface area (Å²) in [6.07, 6.45) is 1.62. The van der Waals surface area contributed by atoms with Crippen LogP contribution in [0.15, 0.2) is 60.2 Å². The van der Waals surface area contributed by atoms with Crippen molar-refractivity contribution in [1.29, 1.82) is 0 Å². The maximum atomic E-state index is 5.29. The molecule has 1 unspecified atom stereocenters. The molecule has 6 nitrogen and oxygen atoms in total. The maximum absolute atomic E-state index is 5.29.